The van der Waals surface area contributed by atoms with Crippen molar-refractivity contribution in [1.82, 2.24) is 15.5 Å². The second-order valence-electron chi connectivity index (χ2n) is 5.53. The van der Waals surface area contributed by atoms with Crippen LogP contribution in [-0.4, -0.2) is 90.4 Å². The van der Waals surface area contributed by atoms with Crippen LogP contribution >= 0.6 is 0 Å². The molecule has 1 fully saturated rings. The van der Waals surface area contributed by atoms with Gasteiger partial charge in [0.05, 0.1) is 39.6 Å². The highest BCUT2D eigenvalue weighted by Crippen LogP contribution is 1.91. The van der Waals surface area contributed by atoms with Gasteiger partial charge in [-0.1, -0.05) is 27.2 Å². The Kier molecular flexibility index (Phi) is 20.6. The Labute approximate surface area is 151 Å². The zero-order valence-corrected chi connectivity index (χ0v) is 16.3. The highest BCUT2D eigenvalue weighted by Gasteiger charge is 2.08. The molecule has 1 saturated heterocycles. The van der Waals surface area contributed by atoms with Gasteiger partial charge in [-0.3, -0.25) is 4.90 Å². The molecule has 0 aromatic carbocycles. The fraction of sp³-hybridized carbons (Fsp3) is 1.00. The van der Waals surface area contributed by atoms with Crippen LogP contribution in [0.25, 0.3) is 0 Å². The molecule has 0 unspecified atom stereocenters. The van der Waals surface area contributed by atoms with Gasteiger partial charge in [-0.05, 0) is 13.0 Å². The minimum Gasteiger partial charge on any atom is -0.378 e. The summed E-state index contributed by atoms with van der Waals surface area (Å²) in [6.45, 7) is 17.9. The van der Waals surface area contributed by atoms with Crippen LogP contribution in [-0.2, 0) is 14.2 Å². The van der Waals surface area contributed by atoms with Gasteiger partial charge in [-0.2, -0.15) is 0 Å². The van der Waals surface area contributed by atoms with E-state index >= 15 is 0 Å². The molecule has 148 valence electrons. The van der Waals surface area contributed by atoms with Crippen molar-refractivity contribution in [1.29, 1.82) is 0 Å². The summed E-state index contributed by atoms with van der Waals surface area (Å²) in [5.41, 5.74) is 0. The number of hydrogen-bond acceptors (Lipinski definition) is 6. The van der Waals surface area contributed by atoms with E-state index in [0.717, 1.165) is 59.0 Å². The summed E-state index contributed by atoms with van der Waals surface area (Å²) in [5, 5.41) is 6.69. The van der Waals surface area contributed by atoms with Gasteiger partial charge in [0.1, 0.15) is 0 Å². The van der Waals surface area contributed by atoms with Gasteiger partial charge in [-0.25, -0.2) is 0 Å². The van der Waals surface area contributed by atoms with Crippen molar-refractivity contribution in [2.24, 2.45) is 0 Å². The number of rotatable bonds is 15. The normalized spacial score (nSPS) is 15.1. The molecule has 1 aliphatic heterocycles. The average Bonchev–Trinajstić information content (AvgIpc) is 2.64. The molecule has 0 aliphatic carbocycles. The van der Waals surface area contributed by atoms with Crippen molar-refractivity contribution in [3.63, 3.8) is 0 Å². The Hall–Kier alpha value is -0.240. The predicted octanol–water partition coefficient (Wildman–Crippen LogP) is 1.60. The van der Waals surface area contributed by atoms with Crippen molar-refractivity contribution in [2.45, 2.75) is 33.6 Å². The molecule has 0 atom stereocenters. The number of hydrogen-bond donors (Lipinski definition) is 2. The largest absolute Gasteiger partial charge is 0.378 e. The van der Waals surface area contributed by atoms with Crippen LogP contribution in [0.2, 0.25) is 0 Å². The minimum absolute atomic E-state index is 0. The molecule has 6 heteroatoms. The van der Waals surface area contributed by atoms with E-state index in [-0.39, 0.29) is 1.43 Å². The third-order valence-corrected chi connectivity index (χ3v) is 3.64. The second-order valence-corrected chi connectivity index (χ2v) is 5.53. The standard InChI is InChI=1S/C16H35N3O3.C2H6.H2/c1-2-3-4-17-7-11-20-13-15-22-16-14-21-12-10-19-8-5-18-6-9-19;1-2;/h17-18H,2-16H2,1H3;1-2H3;1H. The number of ether oxygens (including phenoxy) is 3. The summed E-state index contributed by atoms with van der Waals surface area (Å²) in [4.78, 5) is 2.43. The summed E-state index contributed by atoms with van der Waals surface area (Å²) in [6.07, 6.45) is 2.47. The maximum absolute atomic E-state index is 5.58. The molecule has 1 heterocycles. The van der Waals surface area contributed by atoms with Crippen LogP contribution < -0.4 is 10.6 Å². The Balaban J connectivity index is 0. The van der Waals surface area contributed by atoms with Gasteiger partial charge in [-0.15, -0.1) is 0 Å². The molecule has 2 N–H and O–H groups in total. The van der Waals surface area contributed by atoms with Gasteiger partial charge >= 0.3 is 0 Å². The highest BCUT2D eigenvalue weighted by molar-refractivity contribution is 4.66. The monoisotopic (exact) mass is 349 g/mol. The average molecular weight is 350 g/mol. The lowest BCUT2D eigenvalue weighted by atomic mass is 10.3. The first-order valence-electron chi connectivity index (χ1n) is 9.80. The molecule has 0 saturated carbocycles. The minimum atomic E-state index is 0. The van der Waals surface area contributed by atoms with Gasteiger partial charge in [0.2, 0.25) is 0 Å². The first-order valence-corrected chi connectivity index (χ1v) is 9.80. The van der Waals surface area contributed by atoms with Crippen molar-refractivity contribution in [3.05, 3.63) is 0 Å². The van der Waals surface area contributed by atoms with E-state index in [2.05, 4.69) is 22.5 Å². The quantitative estimate of drug-likeness (QED) is 0.438. The van der Waals surface area contributed by atoms with E-state index < -0.39 is 0 Å². The van der Waals surface area contributed by atoms with E-state index in [0.29, 0.717) is 26.4 Å². The Morgan fingerprint density at radius 3 is 2.08 bits per heavy atom. The van der Waals surface area contributed by atoms with Crippen LogP contribution in [0.5, 0.6) is 0 Å². The number of nitrogens with zero attached hydrogens (tertiary/aromatic N) is 1. The second kappa shape index (κ2) is 20.8. The van der Waals surface area contributed by atoms with Crippen LogP contribution in [0, 0.1) is 0 Å². The van der Waals surface area contributed by atoms with E-state index in [1.54, 1.807) is 0 Å². The topological polar surface area (TPSA) is 55.0 Å². The molecule has 0 radical (unpaired) electrons. The molecule has 1 rings (SSSR count). The van der Waals surface area contributed by atoms with E-state index in [4.69, 9.17) is 14.2 Å². The van der Waals surface area contributed by atoms with Crippen molar-refractivity contribution in [3.8, 4) is 0 Å². The summed E-state index contributed by atoms with van der Waals surface area (Å²) in [6, 6.07) is 0. The Bertz CT molecular complexity index is 234. The van der Waals surface area contributed by atoms with E-state index in [9.17, 15) is 0 Å². The summed E-state index contributed by atoms with van der Waals surface area (Å²) in [7, 11) is 0. The maximum atomic E-state index is 5.58. The highest BCUT2D eigenvalue weighted by atomic mass is 16.5. The van der Waals surface area contributed by atoms with Crippen molar-refractivity contribution < 1.29 is 15.6 Å². The zero-order valence-electron chi connectivity index (χ0n) is 16.3. The molecule has 0 bridgehead atoms. The first kappa shape index (κ1) is 23.8. The predicted molar refractivity (Wildman–Crippen MR) is 103 cm³/mol. The van der Waals surface area contributed by atoms with Gasteiger partial charge in [0.25, 0.3) is 0 Å². The summed E-state index contributed by atoms with van der Waals surface area (Å²) >= 11 is 0. The fourth-order valence-electron chi connectivity index (χ4n) is 2.24. The smallest absolute Gasteiger partial charge is 0.0701 e. The number of unbranched alkanes of at least 4 members (excludes halogenated alkanes) is 1. The zero-order chi connectivity index (χ0) is 17.7. The maximum Gasteiger partial charge on any atom is 0.0701 e. The summed E-state index contributed by atoms with van der Waals surface area (Å²) in [5.74, 6) is 0. The molecule has 0 aromatic rings. The molecule has 1 aliphatic rings. The third-order valence-electron chi connectivity index (χ3n) is 3.64. The lowest BCUT2D eigenvalue weighted by molar-refractivity contribution is 0.0106. The van der Waals surface area contributed by atoms with Crippen LogP contribution in [0.3, 0.4) is 0 Å². The van der Waals surface area contributed by atoms with E-state index in [1.807, 2.05) is 13.8 Å². The molecular formula is C18H43N3O3. The SMILES string of the molecule is CC.CCCCNCCOCCOCCOCCN1CCNCC1.[HH]. The molecule has 0 spiro atoms. The molecule has 24 heavy (non-hydrogen) atoms. The molecule has 6 nitrogen and oxygen atoms in total. The fourth-order valence-corrected chi connectivity index (χ4v) is 2.24. The first-order chi connectivity index (χ1) is 11.9. The van der Waals surface area contributed by atoms with Crippen molar-refractivity contribution in [2.75, 3.05) is 85.5 Å². The Morgan fingerprint density at radius 2 is 1.46 bits per heavy atom. The van der Waals surface area contributed by atoms with Crippen LogP contribution in [0.4, 0.5) is 0 Å². The van der Waals surface area contributed by atoms with Gasteiger partial charge < -0.3 is 24.8 Å². The lowest BCUT2D eigenvalue weighted by Crippen LogP contribution is -2.44. The van der Waals surface area contributed by atoms with E-state index in [1.165, 1.54) is 12.8 Å². The number of piperazine rings is 1. The van der Waals surface area contributed by atoms with Crippen LogP contribution in [0.15, 0.2) is 0 Å². The van der Waals surface area contributed by atoms with Crippen molar-refractivity contribution >= 4 is 0 Å². The number of nitrogens with one attached hydrogen (secondary N) is 2. The molecular weight excluding hydrogens is 306 g/mol. The van der Waals surface area contributed by atoms with Gasteiger partial charge in [0.15, 0.2) is 0 Å². The third kappa shape index (κ3) is 16.6. The van der Waals surface area contributed by atoms with Crippen LogP contribution in [0.1, 0.15) is 35.0 Å². The Morgan fingerprint density at radius 1 is 0.875 bits per heavy atom. The lowest BCUT2D eigenvalue weighted by Gasteiger charge is -2.26. The van der Waals surface area contributed by atoms with Gasteiger partial charge in [0, 0.05) is 40.7 Å². The molecule has 0 amide bonds. The molecule has 0 aromatic heterocycles. The summed E-state index contributed by atoms with van der Waals surface area (Å²) < 4.78 is 16.5.